The van der Waals surface area contributed by atoms with Gasteiger partial charge in [-0.1, -0.05) is 13.0 Å². The van der Waals surface area contributed by atoms with Gasteiger partial charge >= 0.3 is 0 Å². The molecule has 1 N–H and O–H groups in total. The first-order valence-corrected chi connectivity index (χ1v) is 11.1. The topological polar surface area (TPSA) is 90.0 Å². The second kappa shape index (κ2) is 8.56. The summed E-state index contributed by atoms with van der Waals surface area (Å²) in [5.74, 6) is 2.44. The van der Waals surface area contributed by atoms with Crippen LogP contribution in [0.25, 0.3) is 0 Å². The summed E-state index contributed by atoms with van der Waals surface area (Å²) in [6.45, 7) is 4.03. The minimum absolute atomic E-state index is 0.192. The standard InChI is InChI=1S/C20H25N3O5S/c1-15-5-8-23(9-6-15)29(24,25)22-12-16-4-7-21-20(11-16)26-13-17-2-3-18-19(10-17)28-14-27-18/h2-4,7,10-11,15,22H,5-6,8-9,12-14H2,1H3. The van der Waals surface area contributed by atoms with E-state index in [0.29, 0.717) is 37.2 Å². The molecule has 0 atom stereocenters. The maximum atomic E-state index is 12.5. The fourth-order valence-electron chi connectivity index (χ4n) is 3.32. The summed E-state index contributed by atoms with van der Waals surface area (Å²) < 4.78 is 45.6. The molecule has 0 unspecified atom stereocenters. The third-order valence-electron chi connectivity index (χ3n) is 5.16. The molecule has 0 saturated carbocycles. The molecule has 3 heterocycles. The van der Waals surface area contributed by atoms with Gasteiger partial charge in [0, 0.05) is 31.9 Å². The van der Waals surface area contributed by atoms with Gasteiger partial charge in [0.15, 0.2) is 11.5 Å². The highest BCUT2D eigenvalue weighted by molar-refractivity contribution is 7.87. The molecule has 2 aromatic rings. The number of aromatic nitrogens is 1. The SMILES string of the molecule is CC1CCN(S(=O)(=O)NCc2ccnc(OCc3ccc4c(c3)OCO4)c2)CC1. The Labute approximate surface area is 171 Å². The fraction of sp³-hybridized carbons (Fsp3) is 0.450. The summed E-state index contributed by atoms with van der Waals surface area (Å²) in [6, 6.07) is 9.15. The van der Waals surface area contributed by atoms with E-state index < -0.39 is 10.2 Å². The molecule has 0 spiro atoms. The molecule has 9 heteroatoms. The second-order valence-electron chi connectivity index (χ2n) is 7.39. The number of hydrogen-bond donors (Lipinski definition) is 1. The summed E-state index contributed by atoms with van der Waals surface area (Å²) in [6.07, 6.45) is 3.41. The number of fused-ring (bicyclic) bond motifs is 1. The Hall–Kier alpha value is -2.36. The van der Waals surface area contributed by atoms with Gasteiger partial charge in [0.2, 0.25) is 12.7 Å². The lowest BCUT2D eigenvalue weighted by Gasteiger charge is -2.29. The van der Waals surface area contributed by atoms with Crippen molar-refractivity contribution in [3.63, 3.8) is 0 Å². The summed E-state index contributed by atoms with van der Waals surface area (Å²) in [5, 5.41) is 0. The van der Waals surface area contributed by atoms with Gasteiger partial charge < -0.3 is 14.2 Å². The number of piperidine rings is 1. The predicted octanol–water partition coefficient (Wildman–Crippen LogP) is 2.46. The van der Waals surface area contributed by atoms with E-state index in [1.54, 1.807) is 18.3 Å². The molecule has 0 radical (unpaired) electrons. The largest absolute Gasteiger partial charge is 0.473 e. The first-order valence-electron chi connectivity index (χ1n) is 9.70. The molecule has 0 aliphatic carbocycles. The highest BCUT2D eigenvalue weighted by Gasteiger charge is 2.26. The molecule has 1 fully saturated rings. The van der Waals surface area contributed by atoms with Crippen molar-refractivity contribution in [3.05, 3.63) is 47.7 Å². The Morgan fingerprint density at radius 2 is 1.93 bits per heavy atom. The van der Waals surface area contributed by atoms with E-state index >= 15 is 0 Å². The zero-order valence-corrected chi connectivity index (χ0v) is 17.2. The van der Waals surface area contributed by atoms with Crippen molar-refractivity contribution in [2.24, 2.45) is 5.92 Å². The number of nitrogens with one attached hydrogen (secondary N) is 1. The average Bonchev–Trinajstić information content (AvgIpc) is 3.19. The first-order chi connectivity index (χ1) is 14.0. The van der Waals surface area contributed by atoms with Gasteiger partial charge in [-0.2, -0.15) is 17.4 Å². The lowest BCUT2D eigenvalue weighted by Crippen LogP contribution is -2.44. The average molecular weight is 420 g/mol. The van der Waals surface area contributed by atoms with E-state index in [4.69, 9.17) is 14.2 Å². The molecule has 2 aliphatic rings. The van der Waals surface area contributed by atoms with Crippen LogP contribution < -0.4 is 18.9 Å². The Kier molecular flexibility index (Phi) is 5.89. The third-order valence-corrected chi connectivity index (χ3v) is 6.72. The van der Waals surface area contributed by atoms with E-state index in [1.807, 2.05) is 18.2 Å². The van der Waals surface area contributed by atoms with Crippen molar-refractivity contribution in [3.8, 4) is 17.4 Å². The van der Waals surface area contributed by atoms with E-state index in [9.17, 15) is 8.42 Å². The summed E-state index contributed by atoms with van der Waals surface area (Å²) in [4.78, 5) is 4.20. The van der Waals surface area contributed by atoms with Crippen LogP contribution in [0.15, 0.2) is 36.5 Å². The number of ether oxygens (including phenoxy) is 3. The minimum Gasteiger partial charge on any atom is -0.473 e. The van der Waals surface area contributed by atoms with Crippen LogP contribution in [0.1, 0.15) is 30.9 Å². The molecule has 1 aromatic carbocycles. The number of rotatable bonds is 7. The van der Waals surface area contributed by atoms with E-state index in [2.05, 4.69) is 16.6 Å². The zero-order valence-electron chi connectivity index (χ0n) is 16.3. The Morgan fingerprint density at radius 1 is 1.14 bits per heavy atom. The zero-order chi connectivity index (χ0) is 20.3. The lowest BCUT2D eigenvalue weighted by molar-refractivity contribution is 0.174. The van der Waals surface area contributed by atoms with Crippen molar-refractivity contribution >= 4 is 10.2 Å². The molecular weight excluding hydrogens is 394 g/mol. The molecule has 4 rings (SSSR count). The maximum absolute atomic E-state index is 12.5. The Bertz CT molecular complexity index is 958. The van der Waals surface area contributed by atoms with Crippen LogP contribution in [0.2, 0.25) is 0 Å². The molecular formula is C20H25N3O5S. The van der Waals surface area contributed by atoms with Crippen molar-refractivity contribution in [1.82, 2.24) is 14.0 Å². The highest BCUT2D eigenvalue weighted by atomic mass is 32.2. The number of hydrogen-bond acceptors (Lipinski definition) is 6. The predicted molar refractivity (Wildman–Crippen MR) is 107 cm³/mol. The van der Waals surface area contributed by atoms with Gasteiger partial charge in [-0.25, -0.2) is 4.98 Å². The smallest absolute Gasteiger partial charge is 0.279 e. The van der Waals surface area contributed by atoms with Crippen molar-refractivity contribution in [2.45, 2.75) is 32.9 Å². The Morgan fingerprint density at radius 3 is 2.76 bits per heavy atom. The van der Waals surface area contributed by atoms with Crippen LogP contribution in [0.3, 0.4) is 0 Å². The second-order valence-corrected chi connectivity index (χ2v) is 9.14. The quantitative estimate of drug-likeness (QED) is 0.742. The van der Waals surface area contributed by atoms with Crippen LogP contribution in [-0.4, -0.2) is 37.6 Å². The van der Waals surface area contributed by atoms with Crippen molar-refractivity contribution in [1.29, 1.82) is 0 Å². The number of nitrogens with zero attached hydrogens (tertiary/aromatic N) is 2. The van der Waals surface area contributed by atoms with Crippen LogP contribution >= 0.6 is 0 Å². The van der Waals surface area contributed by atoms with E-state index in [0.717, 1.165) is 29.7 Å². The number of pyridine rings is 1. The third kappa shape index (κ3) is 4.98. The molecule has 2 aliphatic heterocycles. The molecule has 0 amide bonds. The minimum atomic E-state index is -3.48. The number of benzene rings is 1. The summed E-state index contributed by atoms with van der Waals surface area (Å²) >= 11 is 0. The molecule has 29 heavy (non-hydrogen) atoms. The van der Waals surface area contributed by atoms with Gasteiger partial charge in [0.25, 0.3) is 10.2 Å². The molecule has 8 nitrogen and oxygen atoms in total. The highest BCUT2D eigenvalue weighted by Crippen LogP contribution is 2.32. The summed E-state index contributed by atoms with van der Waals surface area (Å²) in [5.41, 5.74) is 1.72. The molecule has 156 valence electrons. The van der Waals surface area contributed by atoms with Crippen LogP contribution in [0.5, 0.6) is 17.4 Å². The van der Waals surface area contributed by atoms with Gasteiger partial charge in [-0.3, -0.25) is 0 Å². The fourth-order valence-corrected chi connectivity index (χ4v) is 4.54. The van der Waals surface area contributed by atoms with Gasteiger partial charge in [-0.15, -0.1) is 0 Å². The molecule has 1 saturated heterocycles. The molecule has 1 aromatic heterocycles. The van der Waals surface area contributed by atoms with Gasteiger partial charge in [0.05, 0.1) is 0 Å². The van der Waals surface area contributed by atoms with Crippen LogP contribution in [0.4, 0.5) is 0 Å². The first kappa shape index (κ1) is 19.9. The van der Waals surface area contributed by atoms with Gasteiger partial charge in [0.1, 0.15) is 6.61 Å². The van der Waals surface area contributed by atoms with Gasteiger partial charge in [-0.05, 0) is 48.1 Å². The maximum Gasteiger partial charge on any atom is 0.279 e. The molecule has 0 bridgehead atoms. The van der Waals surface area contributed by atoms with E-state index in [1.165, 1.54) is 4.31 Å². The van der Waals surface area contributed by atoms with Crippen molar-refractivity contribution in [2.75, 3.05) is 19.9 Å². The monoisotopic (exact) mass is 419 g/mol. The Balaban J connectivity index is 1.32. The normalized spacial score (nSPS) is 17.4. The lowest BCUT2D eigenvalue weighted by atomic mass is 10.0. The van der Waals surface area contributed by atoms with Crippen LogP contribution in [0, 0.1) is 5.92 Å². The van der Waals surface area contributed by atoms with Crippen molar-refractivity contribution < 1.29 is 22.6 Å². The van der Waals surface area contributed by atoms with E-state index in [-0.39, 0.29) is 13.3 Å². The summed E-state index contributed by atoms with van der Waals surface area (Å²) in [7, 11) is -3.48. The van der Waals surface area contributed by atoms with Crippen LogP contribution in [-0.2, 0) is 23.4 Å².